The van der Waals surface area contributed by atoms with Gasteiger partial charge in [-0.05, 0) is 37.0 Å². The first-order valence-corrected chi connectivity index (χ1v) is 7.40. The SMILES string of the molecule is CC1CCCN(c2ccc(Br)cc2C(N)=O)C1CN. The average Bonchev–Trinajstić information content (AvgIpc) is 2.38. The number of nitrogens with zero attached hydrogens (tertiary/aromatic N) is 1. The molecule has 5 heteroatoms. The first-order chi connectivity index (χ1) is 9.04. The monoisotopic (exact) mass is 325 g/mol. The van der Waals surface area contributed by atoms with Gasteiger partial charge in [-0.2, -0.15) is 0 Å². The molecule has 2 unspecified atom stereocenters. The molecular weight excluding hydrogens is 306 g/mol. The number of piperidine rings is 1. The largest absolute Gasteiger partial charge is 0.366 e. The number of benzene rings is 1. The molecule has 0 saturated carbocycles. The topological polar surface area (TPSA) is 72.3 Å². The molecule has 1 fully saturated rings. The van der Waals surface area contributed by atoms with Gasteiger partial charge in [0.2, 0.25) is 0 Å². The molecule has 104 valence electrons. The number of halogens is 1. The number of carbonyl (C=O) groups excluding carboxylic acids is 1. The van der Waals surface area contributed by atoms with Crippen molar-refractivity contribution in [2.45, 2.75) is 25.8 Å². The third kappa shape index (κ3) is 2.92. The summed E-state index contributed by atoms with van der Waals surface area (Å²) in [5.41, 5.74) is 12.9. The number of carbonyl (C=O) groups is 1. The first-order valence-electron chi connectivity index (χ1n) is 6.60. The number of anilines is 1. The van der Waals surface area contributed by atoms with E-state index >= 15 is 0 Å². The second kappa shape index (κ2) is 5.92. The highest BCUT2D eigenvalue weighted by Gasteiger charge is 2.29. The minimum Gasteiger partial charge on any atom is -0.366 e. The average molecular weight is 326 g/mol. The fourth-order valence-electron chi connectivity index (χ4n) is 2.86. The summed E-state index contributed by atoms with van der Waals surface area (Å²) in [6, 6.07) is 5.94. The Hall–Kier alpha value is -1.07. The van der Waals surface area contributed by atoms with Crippen LogP contribution in [0.5, 0.6) is 0 Å². The van der Waals surface area contributed by atoms with Crippen LogP contribution in [0.1, 0.15) is 30.1 Å². The molecule has 1 aromatic carbocycles. The maximum Gasteiger partial charge on any atom is 0.250 e. The van der Waals surface area contributed by atoms with E-state index in [0.29, 0.717) is 18.0 Å². The Balaban J connectivity index is 2.42. The second-order valence-electron chi connectivity index (χ2n) is 5.14. The summed E-state index contributed by atoms with van der Waals surface area (Å²) in [7, 11) is 0. The van der Waals surface area contributed by atoms with Crippen LogP contribution < -0.4 is 16.4 Å². The van der Waals surface area contributed by atoms with Gasteiger partial charge < -0.3 is 16.4 Å². The van der Waals surface area contributed by atoms with Crippen molar-refractivity contribution in [2.75, 3.05) is 18.0 Å². The third-order valence-corrected chi connectivity index (χ3v) is 4.38. The van der Waals surface area contributed by atoms with E-state index in [0.717, 1.165) is 23.1 Å². The lowest BCUT2D eigenvalue weighted by molar-refractivity contribution is 0.100. The van der Waals surface area contributed by atoms with Crippen molar-refractivity contribution in [1.29, 1.82) is 0 Å². The number of primary amides is 1. The van der Waals surface area contributed by atoms with E-state index in [1.165, 1.54) is 6.42 Å². The van der Waals surface area contributed by atoms with Gasteiger partial charge in [-0.1, -0.05) is 22.9 Å². The summed E-state index contributed by atoms with van der Waals surface area (Å²) in [5.74, 6) is 0.133. The molecule has 1 aliphatic heterocycles. The fraction of sp³-hybridized carbons (Fsp3) is 0.500. The van der Waals surface area contributed by atoms with Gasteiger partial charge in [0.15, 0.2) is 0 Å². The van der Waals surface area contributed by atoms with E-state index in [4.69, 9.17) is 11.5 Å². The highest BCUT2D eigenvalue weighted by atomic mass is 79.9. The smallest absolute Gasteiger partial charge is 0.250 e. The summed E-state index contributed by atoms with van der Waals surface area (Å²) in [4.78, 5) is 13.9. The predicted octanol–water partition coefficient (Wildman–Crippen LogP) is 2.11. The Morgan fingerprint density at radius 2 is 2.26 bits per heavy atom. The molecule has 1 aromatic rings. The van der Waals surface area contributed by atoms with Crippen LogP contribution in [0.25, 0.3) is 0 Å². The van der Waals surface area contributed by atoms with Gasteiger partial charge in [-0.3, -0.25) is 4.79 Å². The summed E-state index contributed by atoms with van der Waals surface area (Å²) >= 11 is 3.38. The number of hydrogen-bond donors (Lipinski definition) is 2. The molecule has 0 spiro atoms. The molecule has 4 N–H and O–H groups in total. The number of hydrogen-bond acceptors (Lipinski definition) is 3. The van der Waals surface area contributed by atoms with Gasteiger partial charge >= 0.3 is 0 Å². The van der Waals surface area contributed by atoms with Gasteiger partial charge in [-0.25, -0.2) is 0 Å². The Kier molecular flexibility index (Phi) is 4.47. The fourth-order valence-corrected chi connectivity index (χ4v) is 3.22. The van der Waals surface area contributed by atoms with Crippen LogP contribution in [0.15, 0.2) is 22.7 Å². The van der Waals surface area contributed by atoms with Gasteiger partial charge in [0.05, 0.1) is 5.56 Å². The molecular formula is C14H20BrN3O. The van der Waals surface area contributed by atoms with Crippen molar-refractivity contribution in [3.05, 3.63) is 28.2 Å². The third-order valence-electron chi connectivity index (χ3n) is 3.89. The molecule has 0 radical (unpaired) electrons. The van der Waals surface area contributed by atoms with Crippen molar-refractivity contribution in [3.63, 3.8) is 0 Å². The highest BCUT2D eigenvalue weighted by Crippen LogP contribution is 2.32. The molecule has 1 heterocycles. The lowest BCUT2D eigenvalue weighted by Gasteiger charge is -2.41. The molecule has 0 aliphatic carbocycles. The van der Waals surface area contributed by atoms with Gasteiger partial charge in [0.25, 0.3) is 5.91 Å². The Morgan fingerprint density at radius 1 is 1.53 bits per heavy atom. The zero-order valence-corrected chi connectivity index (χ0v) is 12.7. The minimum atomic E-state index is -0.398. The summed E-state index contributed by atoms with van der Waals surface area (Å²) in [6.45, 7) is 3.73. The van der Waals surface area contributed by atoms with E-state index in [1.807, 2.05) is 12.1 Å². The zero-order valence-electron chi connectivity index (χ0n) is 11.1. The standard InChI is InChI=1S/C14H20BrN3O/c1-9-3-2-6-18(13(9)8-16)12-5-4-10(15)7-11(12)14(17)19/h4-5,7,9,13H,2-3,6,8,16H2,1H3,(H2,17,19). The molecule has 1 saturated heterocycles. The van der Waals surface area contributed by atoms with Crippen molar-refractivity contribution < 1.29 is 4.79 Å². The van der Waals surface area contributed by atoms with Crippen LogP contribution in [0.2, 0.25) is 0 Å². The summed E-state index contributed by atoms with van der Waals surface area (Å²) in [5, 5.41) is 0. The maximum atomic E-state index is 11.6. The molecule has 0 bridgehead atoms. The summed E-state index contributed by atoms with van der Waals surface area (Å²) in [6.07, 6.45) is 2.30. The van der Waals surface area contributed by atoms with Crippen molar-refractivity contribution in [1.82, 2.24) is 0 Å². The van der Waals surface area contributed by atoms with Crippen LogP contribution in [0.3, 0.4) is 0 Å². The Morgan fingerprint density at radius 3 is 2.89 bits per heavy atom. The van der Waals surface area contributed by atoms with Crippen LogP contribution in [-0.4, -0.2) is 25.0 Å². The van der Waals surface area contributed by atoms with Crippen LogP contribution in [-0.2, 0) is 0 Å². The zero-order chi connectivity index (χ0) is 14.0. The molecule has 2 rings (SSSR count). The summed E-state index contributed by atoms with van der Waals surface area (Å²) < 4.78 is 0.861. The van der Waals surface area contributed by atoms with Crippen LogP contribution >= 0.6 is 15.9 Å². The van der Waals surface area contributed by atoms with Gasteiger partial charge in [0.1, 0.15) is 0 Å². The molecule has 4 nitrogen and oxygen atoms in total. The van der Waals surface area contributed by atoms with E-state index in [-0.39, 0.29) is 6.04 Å². The first kappa shape index (κ1) is 14.3. The molecule has 1 amide bonds. The van der Waals surface area contributed by atoms with E-state index in [9.17, 15) is 4.79 Å². The lowest BCUT2D eigenvalue weighted by Crippen LogP contribution is -2.49. The van der Waals surface area contributed by atoms with E-state index in [2.05, 4.69) is 27.8 Å². The second-order valence-corrected chi connectivity index (χ2v) is 6.06. The normalized spacial score (nSPS) is 23.4. The number of rotatable bonds is 3. The Labute approximate surface area is 122 Å². The number of nitrogens with two attached hydrogens (primary N) is 2. The predicted molar refractivity (Wildman–Crippen MR) is 81.2 cm³/mol. The molecule has 0 aromatic heterocycles. The van der Waals surface area contributed by atoms with Crippen LogP contribution in [0, 0.1) is 5.92 Å². The number of amides is 1. The van der Waals surface area contributed by atoms with Gasteiger partial charge in [-0.15, -0.1) is 0 Å². The van der Waals surface area contributed by atoms with E-state index in [1.54, 1.807) is 6.07 Å². The van der Waals surface area contributed by atoms with E-state index < -0.39 is 5.91 Å². The van der Waals surface area contributed by atoms with Crippen molar-refractivity contribution in [2.24, 2.45) is 17.4 Å². The molecule has 1 aliphatic rings. The quantitative estimate of drug-likeness (QED) is 0.894. The maximum absolute atomic E-state index is 11.6. The molecule has 2 atom stereocenters. The van der Waals surface area contributed by atoms with Gasteiger partial charge in [0, 0.05) is 29.3 Å². The Bertz CT molecular complexity index is 478. The van der Waals surface area contributed by atoms with Crippen molar-refractivity contribution in [3.8, 4) is 0 Å². The van der Waals surface area contributed by atoms with Crippen molar-refractivity contribution >= 4 is 27.5 Å². The minimum absolute atomic E-state index is 0.271. The highest BCUT2D eigenvalue weighted by molar-refractivity contribution is 9.10. The van der Waals surface area contributed by atoms with Crippen LogP contribution in [0.4, 0.5) is 5.69 Å². The molecule has 19 heavy (non-hydrogen) atoms. The lowest BCUT2D eigenvalue weighted by atomic mass is 9.90.